The minimum atomic E-state index is 0.527. The molecule has 0 radical (unpaired) electrons. The zero-order chi connectivity index (χ0) is 13.0. The molecule has 1 aliphatic rings. The van der Waals surface area contributed by atoms with E-state index in [4.69, 9.17) is 5.73 Å². The standard InChI is InChI=1S/C15H24N2S/c1-12(14-3-5-15(18-2)6-4-14)17-9-7-13(11-16)8-10-17/h3-6,12-13H,7-11,16H2,1-2H3. The van der Waals surface area contributed by atoms with Crippen LogP contribution in [0.5, 0.6) is 0 Å². The molecule has 2 N–H and O–H groups in total. The Morgan fingerprint density at radius 3 is 2.39 bits per heavy atom. The summed E-state index contributed by atoms with van der Waals surface area (Å²) in [6, 6.07) is 9.52. The zero-order valence-electron chi connectivity index (χ0n) is 11.4. The summed E-state index contributed by atoms with van der Waals surface area (Å²) in [6.07, 6.45) is 4.63. The Hall–Kier alpha value is -0.510. The number of hydrogen-bond donors (Lipinski definition) is 1. The summed E-state index contributed by atoms with van der Waals surface area (Å²) in [4.78, 5) is 3.92. The van der Waals surface area contributed by atoms with Crippen molar-refractivity contribution in [2.75, 3.05) is 25.9 Å². The minimum Gasteiger partial charge on any atom is -0.330 e. The van der Waals surface area contributed by atoms with E-state index in [1.54, 1.807) is 11.8 Å². The number of hydrogen-bond acceptors (Lipinski definition) is 3. The first kappa shape index (κ1) is 13.9. The lowest BCUT2D eigenvalue weighted by atomic mass is 9.95. The van der Waals surface area contributed by atoms with Crippen LogP contribution in [0.1, 0.15) is 31.4 Å². The van der Waals surface area contributed by atoms with Crippen LogP contribution >= 0.6 is 11.8 Å². The molecular weight excluding hydrogens is 240 g/mol. The van der Waals surface area contributed by atoms with Gasteiger partial charge in [0.2, 0.25) is 0 Å². The molecular formula is C15H24N2S. The van der Waals surface area contributed by atoms with Gasteiger partial charge >= 0.3 is 0 Å². The third-order valence-electron chi connectivity index (χ3n) is 4.13. The highest BCUT2D eigenvalue weighted by atomic mass is 32.2. The van der Waals surface area contributed by atoms with Crippen LogP contribution in [0.15, 0.2) is 29.2 Å². The predicted octanol–water partition coefficient (Wildman–Crippen LogP) is 3.14. The average molecular weight is 264 g/mol. The monoisotopic (exact) mass is 264 g/mol. The second-order valence-electron chi connectivity index (χ2n) is 5.16. The fraction of sp³-hybridized carbons (Fsp3) is 0.600. The molecule has 1 atom stereocenters. The van der Waals surface area contributed by atoms with Crippen molar-refractivity contribution in [2.45, 2.75) is 30.7 Å². The third-order valence-corrected chi connectivity index (χ3v) is 4.87. The first-order chi connectivity index (χ1) is 8.74. The third kappa shape index (κ3) is 3.28. The van der Waals surface area contributed by atoms with Crippen molar-refractivity contribution >= 4 is 11.8 Å². The molecule has 0 aliphatic carbocycles. The largest absolute Gasteiger partial charge is 0.330 e. The van der Waals surface area contributed by atoms with Gasteiger partial charge in [0.15, 0.2) is 0 Å². The number of nitrogens with zero attached hydrogens (tertiary/aromatic N) is 1. The van der Waals surface area contributed by atoms with Gasteiger partial charge in [-0.05, 0) is 69.3 Å². The quantitative estimate of drug-likeness (QED) is 0.847. The van der Waals surface area contributed by atoms with Gasteiger partial charge in [-0.3, -0.25) is 4.90 Å². The molecule has 1 fully saturated rings. The van der Waals surface area contributed by atoms with Gasteiger partial charge in [0.25, 0.3) is 0 Å². The van der Waals surface area contributed by atoms with Gasteiger partial charge in [-0.15, -0.1) is 11.8 Å². The Morgan fingerprint density at radius 1 is 1.28 bits per heavy atom. The fourth-order valence-corrected chi connectivity index (χ4v) is 3.08. The second-order valence-corrected chi connectivity index (χ2v) is 6.04. The van der Waals surface area contributed by atoms with E-state index in [-0.39, 0.29) is 0 Å². The second kappa shape index (κ2) is 6.60. The van der Waals surface area contributed by atoms with Crippen LogP contribution < -0.4 is 5.73 Å². The fourth-order valence-electron chi connectivity index (χ4n) is 2.67. The van der Waals surface area contributed by atoms with Crippen molar-refractivity contribution in [3.63, 3.8) is 0 Å². The number of thioether (sulfide) groups is 1. The van der Waals surface area contributed by atoms with E-state index in [0.717, 1.165) is 12.5 Å². The van der Waals surface area contributed by atoms with Crippen molar-refractivity contribution < 1.29 is 0 Å². The molecule has 2 nitrogen and oxygen atoms in total. The van der Waals surface area contributed by atoms with Gasteiger partial charge in [0.05, 0.1) is 0 Å². The summed E-state index contributed by atoms with van der Waals surface area (Å²) in [5.41, 5.74) is 7.18. The van der Waals surface area contributed by atoms with E-state index < -0.39 is 0 Å². The van der Waals surface area contributed by atoms with E-state index >= 15 is 0 Å². The van der Waals surface area contributed by atoms with Crippen LogP contribution in [0.4, 0.5) is 0 Å². The Balaban J connectivity index is 1.96. The lowest BCUT2D eigenvalue weighted by Crippen LogP contribution is -2.37. The van der Waals surface area contributed by atoms with E-state index in [0.29, 0.717) is 6.04 Å². The van der Waals surface area contributed by atoms with Crippen molar-refractivity contribution in [3.8, 4) is 0 Å². The predicted molar refractivity (Wildman–Crippen MR) is 80.0 cm³/mol. The van der Waals surface area contributed by atoms with Crippen molar-refractivity contribution in [1.29, 1.82) is 0 Å². The highest BCUT2D eigenvalue weighted by Crippen LogP contribution is 2.27. The molecule has 1 heterocycles. The van der Waals surface area contributed by atoms with E-state index in [1.807, 2.05) is 0 Å². The molecule has 1 unspecified atom stereocenters. The topological polar surface area (TPSA) is 29.3 Å². The molecule has 100 valence electrons. The first-order valence-electron chi connectivity index (χ1n) is 6.82. The first-order valence-corrected chi connectivity index (χ1v) is 8.05. The van der Waals surface area contributed by atoms with E-state index in [9.17, 15) is 0 Å². The molecule has 1 aromatic rings. The van der Waals surface area contributed by atoms with Gasteiger partial charge in [-0.25, -0.2) is 0 Å². The molecule has 0 saturated carbocycles. The molecule has 1 saturated heterocycles. The van der Waals surface area contributed by atoms with Gasteiger partial charge in [-0.1, -0.05) is 12.1 Å². The average Bonchev–Trinajstić information content (AvgIpc) is 2.47. The number of nitrogens with two attached hydrogens (primary N) is 1. The number of piperidine rings is 1. The summed E-state index contributed by atoms with van der Waals surface area (Å²) >= 11 is 1.80. The van der Waals surface area contributed by atoms with Crippen LogP contribution in [0.3, 0.4) is 0 Å². The van der Waals surface area contributed by atoms with Gasteiger partial charge in [0.1, 0.15) is 0 Å². The lowest BCUT2D eigenvalue weighted by molar-refractivity contribution is 0.143. The van der Waals surface area contributed by atoms with Gasteiger partial charge < -0.3 is 5.73 Å². The molecule has 3 heteroatoms. The lowest BCUT2D eigenvalue weighted by Gasteiger charge is -2.36. The highest BCUT2D eigenvalue weighted by molar-refractivity contribution is 7.98. The normalized spacial score (nSPS) is 19.9. The number of likely N-dealkylation sites (tertiary alicyclic amines) is 1. The zero-order valence-corrected chi connectivity index (χ0v) is 12.2. The molecule has 18 heavy (non-hydrogen) atoms. The van der Waals surface area contributed by atoms with Crippen LogP contribution in [0, 0.1) is 5.92 Å². The van der Waals surface area contributed by atoms with Crippen molar-refractivity contribution in [1.82, 2.24) is 4.90 Å². The summed E-state index contributed by atoms with van der Waals surface area (Å²) in [6.45, 7) is 5.54. The maximum absolute atomic E-state index is 5.75. The number of benzene rings is 1. The minimum absolute atomic E-state index is 0.527. The Kier molecular flexibility index (Phi) is 5.10. The summed E-state index contributed by atoms with van der Waals surface area (Å²) < 4.78 is 0. The summed E-state index contributed by atoms with van der Waals surface area (Å²) in [5, 5.41) is 0. The van der Waals surface area contributed by atoms with Gasteiger partial charge in [0, 0.05) is 10.9 Å². The Morgan fingerprint density at radius 2 is 1.89 bits per heavy atom. The number of rotatable bonds is 4. The van der Waals surface area contributed by atoms with Crippen molar-refractivity contribution in [3.05, 3.63) is 29.8 Å². The molecule has 0 amide bonds. The molecule has 0 bridgehead atoms. The Labute approximate surface area is 115 Å². The molecule has 0 aromatic heterocycles. The molecule has 2 rings (SSSR count). The maximum Gasteiger partial charge on any atom is 0.0319 e. The summed E-state index contributed by atoms with van der Waals surface area (Å²) in [7, 11) is 0. The van der Waals surface area contributed by atoms with E-state index in [2.05, 4.69) is 42.3 Å². The van der Waals surface area contributed by atoms with Crippen LogP contribution in [0.25, 0.3) is 0 Å². The van der Waals surface area contributed by atoms with E-state index in [1.165, 1.54) is 36.4 Å². The van der Waals surface area contributed by atoms with Gasteiger partial charge in [-0.2, -0.15) is 0 Å². The molecule has 1 aromatic carbocycles. The SMILES string of the molecule is CSc1ccc(C(C)N2CCC(CN)CC2)cc1. The smallest absolute Gasteiger partial charge is 0.0319 e. The summed E-state index contributed by atoms with van der Waals surface area (Å²) in [5.74, 6) is 0.743. The van der Waals surface area contributed by atoms with Crippen LogP contribution in [0.2, 0.25) is 0 Å². The maximum atomic E-state index is 5.75. The van der Waals surface area contributed by atoms with Crippen molar-refractivity contribution in [2.24, 2.45) is 11.7 Å². The Bertz CT molecular complexity index is 355. The highest BCUT2D eigenvalue weighted by Gasteiger charge is 2.22. The van der Waals surface area contributed by atoms with Crippen LogP contribution in [-0.4, -0.2) is 30.8 Å². The molecule has 1 aliphatic heterocycles. The molecule has 0 spiro atoms. The van der Waals surface area contributed by atoms with Crippen LogP contribution in [-0.2, 0) is 0 Å².